The fourth-order valence-corrected chi connectivity index (χ4v) is 0.587. The molecule has 0 aliphatic rings. The topological polar surface area (TPSA) is 61.4 Å². The van der Waals surface area contributed by atoms with Gasteiger partial charge >= 0.3 is 6.03 Å². The van der Waals surface area contributed by atoms with E-state index in [0.717, 1.165) is 6.42 Å². The van der Waals surface area contributed by atoms with E-state index in [1.54, 1.807) is 0 Å². The Morgan fingerprint density at radius 2 is 2.08 bits per heavy atom. The summed E-state index contributed by atoms with van der Waals surface area (Å²) in [4.78, 5) is 10.8. The van der Waals surface area contributed by atoms with E-state index < -0.39 is 25.1 Å². The van der Waals surface area contributed by atoms with E-state index in [4.69, 9.17) is 5.11 Å². The van der Waals surface area contributed by atoms with Gasteiger partial charge in [0.25, 0.3) is 6.43 Å². The largest absolute Gasteiger partial charge is 0.385 e. The highest BCUT2D eigenvalue weighted by molar-refractivity contribution is 5.73. The lowest BCUT2D eigenvalue weighted by Crippen LogP contribution is -2.41. The van der Waals surface area contributed by atoms with Gasteiger partial charge in [-0.2, -0.15) is 0 Å². The molecule has 0 heterocycles. The van der Waals surface area contributed by atoms with Crippen LogP contribution in [0, 0.1) is 0 Å². The average molecular weight is 196 g/mol. The SMILES string of the molecule is CCCNC(=O)NCC(O)C(F)F. The predicted octanol–water partition coefficient (Wildman–Crippen LogP) is 0.322. The molecular weight excluding hydrogens is 182 g/mol. The molecular formula is C7H14F2N2O2. The zero-order valence-corrected chi connectivity index (χ0v) is 7.39. The lowest BCUT2D eigenvalue weighted by molar-refractivity contribution is -0.00174. The molecule has 0 aromatic rings. The number of rotatable bonds is 5. The van der Waals surface area contributed by atoms with Crippen molar-refractivity contribution in [2.45, 2.75) is 25.9 Å². The maximum absolute atomic E-state index is 11.7. The minimum atomic E-state index is -2.83. The summed E-state index contributed by atoms with van der Waals surface area (Å²) in [6, 6.07) is -0.540. The van der Waals surface area contributed by atoms with Gasteiger partial charge in [0.2, 0.25) is 0 Å². The Balaban J connectivity index is 3.46. The van der Waals surface area contributed by atoms with Crippen molar-refractivity contribution >= 4 is 6.03 Å². The molecule has 0 saturated carbocycles. The number of carbonyl (C=O) groups excluding carboxylic acids is 1. The first kappa shape index (κ1) is 12.1. The van der Waals surface area contributed by atoms with Crippen molar-refractivity contribution in [3.63, 3.8) is 0 Å². The summed E-state index contributed by atoms with van der Waals surface area (Å²) in [5, 5.41) is 13.1. The van der Waals surface area contributed by atoms with Crippen LogP contribution in [0.3, 0.4) is 0 Å². The first-order chi connectivity index (χ1) is 6.07. The van der Waals surface area contributed by atoms with Gasteiger partial charge in [-0.1, -0.05) is 6.92 Å². The Hall–Kier alpha value is -0.910. The molecule has 0 rings (SSSR count). The van der Waals surface area contributed by atoms with Crippen molar-refractivity contribution in [3.8, 4) is 0 Å². The van der Waals surface area contributed by atoms with E-state index in [0.29, 0.717) is 6.54 Å². The summed E-state index contributed by atoms with van der Waals surface area (Å²) in [7, 11) is 0. The number of carbonyl (C=O) groups is 1. The minimum absolute atomic E-state index is 0.437. The Morgan fingerprint density at radius 1 is 1.46 bits per heavy atom. The summed E-state index contributed by atoms with van der Waals surface area (Å²) in [6.07, 6.45) is -3.86. The molecule has 0 aliphatic carbocycles. The first-order valence-corrected chi connectivity index (χ1v) is 4.05. The number of amides is 2. The van der Waals surface area contributed by atoms with Gasteiger partial charge in [0.05, 0.1) is 6.54 Å². The quantitative estimate of drug-likeness (QED) is 0.593. The number of aliphatic hydroxyl groups is 1. The Morgan fingerprint density at radius 3 is 2.54 bits per heavy atom. The molecule has 0 saturated heterocycles. The van der Waals surface area contributed by atoms with Crippen molar-refractivity contribution in [1.29, 1.82) is 0 Å². The highest BCUT2D eigenvalue weighted by atomic mass is 19.3. The average Bonchev–Trinajstić information content (AvgIpc) is 2.10. The smallest absolute Gasteiger partial charge is 0.314 e. The number of hydrogen-bond acceptors (Lipinski definition) is 2. The highest BCUT2D eigenvalue weighted by Crippen LogP contribution is 1.97. The van der Waals surface area contributed by atoms with Crippen LogP contribution in [-0.4, -0.2) is 36.8 Å². The molecule has 2 amide bonds. The van der Waals surface area contributed by atoms with E-state index in [9.17, 15) is 13.6 Å². The van der Waals surface area contributed by atoms with Crippen molar-refractivity contribution < 1.29 is 18.7 Å². The third-order valence-corrected chi connectivity index (χ3v) is 1.30. The van der Waals surface area contributed by atoms with E-state index in [1.807, 2.05) is 6.92 Å². The van der Waals surface area contributed by atoms with E-state index >= 15 is 0 Å². The van der Waals surface area contributed by atoms with E-state index in [1.165, 1.54) is 0 Å². The van der Waals surface area contributed by atoms with Crippen molar-refractivity contribution in [3.05, 3.63) is 0 Å². The number of aliphatic hydroxyl groups excluding tert-OH is 1. The molecule has 0 aromatic heterocycles. The number of halogens is 2. The van der Waals surface area contributed by atoms with Crippen LogP contribution in [0.4, 0.5) is 13.6 Å². The fourth-order valence-electron chi connectivity index (χ4n) is 0.587. The Labute approximate surface area is 75.3 Å². The van der Waals surface area contributed by atoms with Crippen LogP contribution in [-0.2, 0) is 0 Å². The zero-order valence-electron chi connectivity index (χ0n) is 7.39. The van der Waals surface area contributed by atoms with Crippen LogP contribution >= 0.6 is 0 Å². The van der Waals surface area contributed by atoms with E-state index in [-0.39, 0.29) is 0 Å². The van der Waals surface area contributed by atoms with Gasteiger partial charge in [0.1, 0.15) is 6.10 Å². The number of alkyl halides is 2. The van der Waals surface area contributed by atoms with Crippen LogP contribution in [0.15, 0.2) is 0 Å². The molecule has 0 fully saturated rings. The van der Waals surface area contributed by atoms with E-state index in [2.05, 4.69) is 10.6 Å². The molecule has 0 aromatic carbocycles. The molecule has 0 radical (unpaired) electrons. The maximum atomic E-state index is 11.7. The molecule has 78 valence electrons. The summed E-state index contributed by atoms with van der Waals surface area (Å²) in [5.41, 5.74) is 0. The molecule has 0 bridgehead atoms. The maximum Gasteiger partial charge on any atom is 0.314 e. The Bertz CT molecular complexity index is 155. The van der Waals surface area contributed by atoms with Crippen molar-refractivity contribution in [2.75, 3.05) is 13.1 Å². The van der Waals surface area contributed by atoms with Crippen LogP contribution in [0.25, 0.3) is 0 Å². The van der Waals surface area contributed by atoms with Crippen molar-refractivity contribution in [1.82, 2.24) is 10.6 Å². The Kier molecular flexibility index (Phi) is 6.13. The van der Waals surface area contributed by atoms with Crippen LogP contribution in [0.5, 0.6) is 0 Å². The van der Waals surface area contributed by atoms with Crippen molar-refractivity contribution in [2.24, 2.45) is 0 Å². The second-order valence-corrected chi connectivity index (χ2v) is 2.54. The van der Waals surface area contributed by atoms with Gasteiger partial charge in [-0.3, -0.25) is 0 Å². The summed E-state index contributed by atoms with van der Waals surface area (Å²) < 4.78 is 23.4. The minimum Gasteiger partial charge on any atom is -0.385 e. The van der Waals surface area contributed by atoms with Gasteiger partial charge in [0, 0.05) is 6.54 Å². The molecule has 1 unspecified atom stereocenters. The summed E-state index contributed by atoms with van der Waals surface area (Å²) in [6.45, 7) is 1.91. The first-order valence-electron chi connectivity index (χ1n) is 4.05. The van der Waals surface area contributed by atoms with Gasteiger partial charge in [-0.15, -0.1) is 0 Å². The lowest BCUT2D eigenvalue weighted by Gasteiger charge is -2.10. The van der Waals surface area contributed by atoms with Crippen LogP contribution < -0.4 is 10.6 Å². The molecule has 6 heteroatoms. The zero-order chi connectivity index (χ0) is 10.3. The summed E-state index contributed by atoms with van der Waals surface area (Å²) in [5.74, 6) is 0. The molecule has 1 atom stereocenters. The number of urea groups is 1. The standard InChI is InChI=1S/C7H14F2N2O2/c1-2-3-10-7(13)11-4-5(12)6(8)9/h5-6,12H,2-4H2,1H3,(H2,10,11,13). The number of hydrogen-bond donors (Lipinski definition) is 3. The molecule has 3 N–H and O–H groups in total. The van der Waals surface area contributed by atoms with Gasteiger partial charge < -0.3 is 15.7 Å². The predicted molar refractivity (Wildman–Crippen MR) is 43.7 cm³/mol. The molecule has 0 spiro atoms. The van der Waals surface area contributed by atoms with Crippen LogP contribution in [0.2, 0.25) is 0 Å². The second-order valence-electron chi connectivity index (χ2n) is 2.54. The summed E-state index contributed by atoms with van der Waals surface area (Å²) >= 11 is 0. The van der Waals surface area contributed by atoms with Crippen LogP contribution in [0.1, 0.15) is 13.3 Å². The third kappa shape index (κ3) is 6.27. The molecule has 13 heavy (non-hydrogen) atoms. The molecule has 0 aliphatic heterocycles. The van der Waals surface area contributed by atoms with Gasteiger partial charge in [0.15, 0.2) is 0 Å². The second kappa shape index (κ2) is 6.59. The third-order valence-electron chi connectivity index (χ3n) is 1.30. The fraction of sp³-hybridized carbons (Fsp3) is 0.857. The lowest BCUT2D eigenvalue weighted by atomic mass is 10.4. The molecule has 4 nitrogen and oxygen atoms in total. The number of nitrogens with one attached hydrogen (secondary N) is 2. The highest BCUT2D eigenvalue weighted by Gasteiger charge is 2.16. The normalized spacial score (nSPS) is 12.7. The monoisotopic (exact) mass is 196 g/mol. The van der Waals surface area contributed by atoms with Gasteiger partial charge in [-0.25, -0.2) is 13.6 Å². The van der Waals surface area contributed by atoms with Gasteiger partial charge in [-0.05, 0) is 6.42 Å².